The van der Waals surface area contributed by atoms with Crippen LogP contribution in [0.3, 0.4) is 0 Å². The lowest BCUT2D eigenvalue weighted by Gasteiger charge is -2.24. The lowest BCUT2D eigenvalue weighted by Crippen LogP contribution is -2.38. The largest absolute Gasteiger partial charge is 0.329 e. The Morgan fingerprint density at radius 3 is 2.86 bits per heavy atom. The molecule has 0 bridgehead atoms. The van der Waals surface area contributed by atoms with Crippen LogP contribution < -0.4 is 5.32 Å². The van der Waals surface area contributed by atoms with Crippen LogP contribution in [0.5, 0.6) is 0 Å². The predicted octanol–water partition coefficient (Wildman–Crippen LogP) is 0.387. The number of hydrogen-bond acceptors (Lipinski definition) is 4. The number of nitrogens with zero attached hydrogens (tertiary/aromatic N) is 1. The molecule has 0 aliphatic carbocycles. The summed E-state index contributed by atoms with van der Waals surface area (Å²) in [4.78, 5) is 23.9. The fourth-order valence-electron chi connectivity index (χ4n) is 1.49. The van der Waals surface area contributed by atoms with Gasteiger partial charge in [-0.15, -0.1) is 0 Å². The van der Waals surface area contributed by atoms with Gasteiger partial charge >= 0.3 is 6.03 Å². The number of rotatable bonds is 2. The van der Waals surface area contributed by atoms with Gasteiger partial charge in [0.05, 0.1) is 6.54 Å². The minimum Gasteiger partial charge on any atom is -0.329 e. The molecule has 0 spiro atoms. The van der Waals surface area contributed by atoms with Crippen LogP contribution in [0, 0.1) is 0 Å². The number of urea groups is 1. The van der Waals surface area contributed by atoms with E-state index in [2.05, 4.69) is 5.32 Å². The van der Waals surface area contributed by atoms with Crippen molar-refractivity contribution in [2.24, 2.45) is 0 Å². The zero-order chi connectivity index (χ0) is 9.97. The molecule has 0 aromatic carbocycles. The highest BCUT2D eigenvalue weighted by atomic mass is 32.2. The third kappa shape index (κ3) is 2.17. The quantitative estimate of drug-likeness (QED) is 0.700. The molecule has 3 amide bonds. The van der Waals surface area contributed by atoms with Crippen molar-refractivity contribution in [1.82, 2.24) is 10.2 Å². The third-order valence-electron chi connectivity index (χ3n) is 2.21. The zero-order valence-electron chi connectivity index (χ0n) is 7.69. The highest BCUT2D eigenvalue weighted by molar-refractivity contribution is 8.06. The maximum Gasteiger partial charge on any atom is 0.324 e. The molecule has 0 radical (unpaired) electrons. The Hall–Kier alpha value is -0.360. The second kappa shape index (κ2) is 4.44. The summed E-state index contributed by atoms with van der Waals surface area (Å²) in [6, 6.07) is -0.230. The van der Waals surface area contributed by atoms with E-state index in [1.165, 1.54) is 10.7 Å². The minimum absolute atomic E-state index is 0.0915. The maximum absolute atomic E-state index is 11.3. The lowest BCUT2D eigenvalue weighted by molar-refractivity contribution is -0.124. The Labute approximate surface area is 91.2 Å². The van der Waals surface area contributed by atoms with Crippen LogP contribution in [0.1, 0.15) is 0 Å². The second-order valence-electron chi connectivity index (χ2n) is 3.23. The maximum atomic E-state index is 11.3. The summed E-state index contributed by atoms with van der Waals surface area (Å²) < 4.78 is 0. The van der Waals surface area contributed by atoms with Crippen LogP contribution in [-0.4, -0.2) is 52.4 Å². The number of carbonyl (C=O) groups excluding carboxylic acids is 2. The Morgan fingerprint density at radius 1 is 1.43 bits per heavy atom. The molecule has 6 heteroatoms. The summed E-state index contributed by atoms with van der Waals surface area (Å²) in [6.07, 6.45) is 0. The third-order valence-corrected chi connectivity index (χ3v) is 5.04. The van der Waals surface area contributed by atoms with Gasteiger partial charge in [0.15, 0.2) is 0 Å². The second-order valence-corrected chi connectivity index (χ2v) is 5.79. The van der Waals surface area contributed by atoms with E-state index in [1.54, 1.807) is 0 Å². The topological polar surface area (TPSA) is 49.4 Å². The van der Waals surface area contributed by atoms with Gasteiger partial charge in [0, 0.05) is 29.1 Å². The molecule has 4 nitrogen and oxygen atoms in total. The van der Waals surface area contributed by atoms with Crippen LogP contribution >= 0.6 is 23.5 Å². The standard InChI is InChI=1S/C8H12N2O2S2/c11-7-3-9-8(12)10(7)4-6-5-13-1-2-14-6/h6H,1-5H2,(H,9,12). The number of hydrogen-bond donors (Lipinski definition) is 1. The van der Waals surface area contributed by atoms with Gasteiger partial charge in [0.1, 0.15) is 0 Å². The first-order valence-corrected chi connectivity index (χ1v) is 6.75. The molecular formula is C8H12N2O2S2. The summed E-state index contributed by atoms with van der Waals surface area (Å²) in [5.41, 5.74) is 0. The summed E-state index contributed by atoms with van der Waals surface area (Å²) in [6.45, 7) is 0.742. The van der Waals surface area contributed by atoms with Gasteiger partial charge in [-0.3, -0.25) is 9.69 Å². The van der Waals surface area contributed by atoms with Gasteiger partial charge in [-0.05, 0) is 0 Å². The molecule has 2 rings (SSSR count). The fourth-order valence-corrected chi connectivity index (χ4v) is 4.14. The molecule has 2 aliphatic heterocycles. The number of carbonyl (C=O) groups is 2. The van der Waals surface area contributed by atoms with Crippen molar-refractivity contribution < 1.29 is 9.59 Å². The first-order valence-electron chi connectivity index (χ1n) is 4.55. The molecule has 0 saturated carbocycles. The van der Waals surface area contributed by atoms with Crippen molar-refractivity contribution in [3.8, 4) is 0 Å². The molecule has 2 fully saturated rings. The average molecular weight is 232 g/mol. The highest BCUT2D eigenvalue weighted by Crippen LogP contribution is 2.25. The van der Waals surface area contributed by atoms with Crippen molar-refractivity contribution >= 4 is 35.5 Å². The number of thioether (sulfide) groups is 2. The highest BCUT2D eigenvalue weighted by Gasteiger charge is 2.31. The fraction of sp³-hybridized carbons (Fsp3) is 0.750. The van der Waals surface area contributed by atoms with E-state index in [0.29, 0.717) is 11.8 Å². The van der Waals surface area contributed by atoms with E-state index in [-0.39, 0.29) is 18.5 Å². The molecule has 1 N–H and O–H groups in total. The first-order chi connectivity index (χ1) is 6.77. The Balaban J connectivity index is 1.89. The molecule has 78 valence electrons. The van der Waals surface area contributed by atoms with Crippen LogP contribution in [0.4, 0.5) is 4.79 Å². The molecular weight excluding hydrogens is 220 g/mol. The Bertz CT molecular complexity index is 238. The number of amides is 3. The number of nitrogens with one attached hydrogen (secondary N) is 1. The van der Waals surface area contributed by atoms with Crippen molar-refractivity contribution in [2.75, 3.05) is 30.3 Å². The molecule has 2 aliphatic rings. The van der Waals surface area contributed by atoms with Gasteiger partial charge in [-0.2, -0.15) is 23.5 Å². The van der Waals surface area contributed by atoms with E-state index >= 15 is 0 Å². The molecule has 1 unspecified atom stereocenters. The summed E-state index contributed by atoms with van der Waals surface area (Å²) in [5.74, 6) is 3.26. The van der Waals surface area contributed by atoms with Crippen LogP contribution in [0.15, 0.2) is 0 Å². The van der Waals surface area contributed by atoms with E-state index in [4.69, 9.17) is 0 Å². The van der Waals surface area contributed by atoms with Gasteiger partial charge in [-0.25, -0.2) is 4.79 Å². The molecule has 0 aromatic heterocycles. The van der Waals surface area contributed by atoms with Crippen molar-refractivity contribution in [2.45, 2.75) is 5.25 Å². The molecule has 1 atom stereocenters. The van der Waals surface area contributed by atoms with Crippen LogP contribution in [0.2, 0.25) is 0 Å². The molecule has 14 heavy (non-hydrogen) atoms. The summed E-state index contributed by atoms with van der Waals surface area (Å²) in [5, 5.41) is 2.95. The zero-order valence-corrected chi connectivity index (χ0v) is 9.33. The summed E-state index contributed by atoms with van der Waals surface area (Å²) >= 11 is 3.76. The SMILES string of the molecule is O=C1CNC(=O)N1CC1CSCCS1. The van der Waals surface area contributed by atoms with Crippen LogP contribution in [-0.2, 0) is 4.79 Å². The molecule has 0 aromatic rings. The van der Waals surface area contributed by atoms with Crippen molar-refractivity contribution in [3.05, 3.63) is 0 Å². The monoisotopic (exact) mass is 232 g/mol. The smallest absolute Gasteiger partial charge is 0.324 e. The lowest BCUT2D eigenvalue weighted by atomic mass is 10.4. The Morgan fingerprint density at radius 2 is 2.29 bits per heavy atom. The average Bonchev–Trinajstić information content (AvgIpc) is 2.51. The molecule has 2 heterocycles. The van der Waals surface area contributed by atoms with Crippen molar-refractivity contribution in [3.63, 3.8) is 0 Å². The van der Waals surface area contributed by atoms with Gasteiger partial charge in [-0.1, -0.05) is 0 Å². The molecule has 2 saturated heterocycles. The Kier molecular flexibility index (Phi) is 3.22. The minimum atomic E-state index is -0.230. The van der Waals surface area contributed by atoms with E-state index in [0.717, 1.165) is 11.5 Å². The first kappa shape index (κ1) is 10.2. The van der Waals surface area contributed by atoms with Crippen molar-refractivity contribution in [1.29, 1.82) is 0 Å². The normalized spacial score (nSPS) is 28.0. The van der Waals surface area contributed by atoms with Gasteiger partial charge < -0.3 is 5.32 Å². The van der Waals surface area contributed by atoms with Crippen LogP contribution in [0.25, 0.3) is 0 Å². The van der Waals surface area contributed by atoms with E-state index in [1.807, 2.05) is 23.5 Å². The number of imide groups is 1. The van der Waals surface area contributed by atoms with E-state index in [9.17, 15) is 9.59 Å². The van der Waals surface area contributed by atoms with E-state index < -0.39 is 0 Å². The van der Waals surface area contributed by atoms with Gasteiger partial charge in [0.2, 0.25) is 5.91 Å². The predicted molar refractivity (Wildman–Crippen MR) is 58.7 cm³/mol. The van der Waals surface area contributed by atoms with Gasteiger partial charge in [0.25, 0.3) is 0 Å². The summed E-state index contributed by atoms with van der Waals surface area (Å²) in [7, 11) is 0.